The van der Waals surface area contributed by atoms with Crippen LogP contribution in [0.4, 0.5) is 68.2 Å². The van der Waals surface area contributed by atoms with Gasteiger partial charge in [-0.2, -0.15) is 0 Å². The van der Waals surface area contributed by atoms with Gasteiger partial charge in [0.2, 0.25) is 0 Å². The first-order valence-electron chi connectivity index (χ1n) is 27.4. The minimum atomic E-state index is -0.0416. The molecule has 4 aliphatic rings. The van der Waals surface area contributed by atoms with Crippen molar-refractivity contribution in [2.24, 2.45) is 0 Å². The molecule has 5 nitrogen and oxygen atoms in total. The van der Waals surface area contributed by atoms with Crippen LogP contribution >= 0.6 is 0 Å². The summed E-state index contributed by atoms with van der Waals surface area (Å²) in [5.41, 5.74) is 27.6. The minimum Gasteiger partial charge on any atom is -0.311 e. The van der Waals surface area contributed by atoms with Crippen molar-refractivity contribution < 1.29 is 0 Å². The number of rotatable bonds is 6. The van der Waals surface area contributed by atoms with Crippen LogP contribution in [0, 0.1) is 0 Å². The zero-order chi connectivity index (χ0) is 51.7. The molecule has 0 saturated carbocycles. The van der Waals surface area contributed by atoms with Gasteiger partial charge in [-0.05, 0) is 153 Å². The third-order valence-corrected chi connectivity index (χ3v) is 17.1. The van der Waals surface area contributed by atoms with Crippen LogP contribution in [-0.4, -0.2) is 18.0 Å². The number of aromatic nitrogens is 1. The topological polar surface area (TPSA) is 17.9 Å². The van der Waals surface area contributed by atoms with E-state index >= 15 is 0 Å². The van der Waals surface area contributed by atoms with Gasteiger partial charge < -0.3 is 24.2 Å². The molecule has 17 rings (SSSR count). The third-order valence-electron chi connectivity index (χ3n) is 17.1. The van der Waals surface area contributed by atoms with Gasteiger partial charge in [0.1, 0.15) is 0 Å². The molecule has 12 aromatic carbocycles. The Kier molecular flexibility index (Phi) is 9.54. The highest BCUT2D eigenvalue weighted by Gasteiger charge is 2.46. The van der Waals surface area contributed by atoms with Crippen molar-refractivity contribution in [2.75, 3.05) is 19.6 Å². The molecular weight excluding hydrogens is 956 g/mol. The first kappa shape index (κ1) is 44.0. The maximum absolute atomic E-state index is 2.58. The van der Waals surface area contributed by atoms with Crippen LogP contribution in [0.15, 0.2) is 285 Å². The average molecular weight is 1000 g/mol. The summed E-state index contributed by atoms with van der Waals surface area (Å²) in [4.78, 5) is 10.00. The summed E-state index contributed by atoms with van der Waals surface area (Å²) in [6.45, 7) is -0.0831. The smallest absolute Gasteiger partial charge is 0.252 e. The normalized spacial score (nSPS) is 13.4. The van der Waals surface area contributed by atoms with Gasteiger partial charge in [-0.25, -0.2) is 0 Å². The first-order valence-corrected chi connectivity index (χ1v) is 27.4. The number of benzene rings is 12. The van der Waals surface area contributed by atoms with E-state index in [0.717, 1.165) is 39.5 Å². The molecule has 0 bridgehead atoms. The summed E-state index contributed by atoms with van der Waals surface area (Å²) in [6, 6.07) is 106. The lowest BCUT2D eigenvalue weighted by Crippen LogP contribution is -2.61. The van der Waals surface area contributed by atoms with Gasteiger partial charge in [0.15, 0.2) is 0 Å². The molecule has 5 heterocycles. The van der Waals surface area contributed by atoms with Gasteiger partial charge >= 0.3 is 0 Å². The molecule has 7 heteroatoms. The number of hydrogen-bond acceptors (Lipinski definition) is 4. The molecule has 366 valence electrons. The molecular formula is C72H47B2N5. The van der Waals surface area contributed by atoms with Crippen molar-refractivity contribution >= 4 is 136 Å². The highest BCUT2D eigenvalue weighted by atomic mass is 15.2. The van der Waals surface area contributed by atoms with E-state index in [1.165, 1.54) is 100 Å². The summed E-state index contributed by atoms with van der Waals surface area (Å²) in [5.74, 6) is 0. The molecule has 0 saturated heterocycles. The lowest BCUT2D eigenvalue weighted by atomic mass is 9.33. The second-order valence-corrected chi connectivity index (χ2v) is 21.2. The Morgan fingerprint density at radius 3 is 0.924 bits per heavy atom. The van der Waals surface area contributed by atoms with E-state index in [-0.39, 0.29) is 13.4 Å². The summed E-state index contributed by atoms with van der Waals surface area (Å²) < 4.78 is 2.54. The summed E-state index contributed by atoms with van der Waals surface area (Å²) >= 11 is 0. The standard InChI is InChI=1S/C72H47B2N5/c1-6-22-48(23-7-1)49-40-42-54(43-41-49)79-67-46-69-59(73-57-32-16-18-34-61(57)75(50-24-8-2-9-25-50)63-36-20-38-65(71(63)73)77(69)52-28-12-4-13-29-52)44-55(67)56-45-60-70(47-68(56)79)78(53-30-14-5-15-31-53)66-39-21-37-64-72(66)74(60)58-33-17-19-35-62(58)76(64)51-26-10-3-11-27-51/h1-47H. The molecule has 13 aromatic rings. The maximum Gasteiger partial charge on any atom is 0.252 e. The molecule has 1 aromatic heterocycles. The predicted octanol–water partition coefficient (Wildman–Crippen LogP) is 14.6. The molecule has 0 fully saturated rings. The number of nitrogens with zero attached hydrogens (tertiary/aromatic N) is 5. The van der Waals surface area contributed by atoms with Crippen molar-refractivity contribution in [3.8, 4) is 16.8 Å². The third kappa shape index (κ3) is 6.42. The Hall–Kier alpha value is -10.2. The maximum atomic E-state index is 2.58. The molecule has 0 aliphatic carbocycles. The van der Waals surface area contributed by atoms with Crippen LogP contribution < -0.4 is 52.4 Å². The SMILES string of the molecule is c1ccc(-c2ccc(-n3c4cc5c(cc4c4cc6c(cc43)N(c3ccccc3)c3cccc4c3B6c3ccccc3N4c3ccccc3)B3c4ccccc4N(c4ccccc4)c4cccc(c43)N5c3ccccc3)cc2)cc1. The highest BCUT2D eigenvalue weighted by molar-refractivity contribution is 7.01. The molecule has 0 atom stereocenters. The quantitative estimate of drug-likeness (QED) is 0.154. The fourth-order valence-electron chi connectivity index (χ4n) is 13.9. The Balaban J connectivity index is 0.988. The van der Waals surface area contributed by atoms with E-state index in [4.69, 9.17) is 0 Å². The second-order valence-electron chi connectivity index (χ2n) is 21.2. The first-order chi connectivity index (χ1) is 39.2. The van der Waals surface area contributed by atoms with Crippen LogP contribution in [0.5, 0.6) is 0 Å². The van der Waals surface area contributed by atoms with Gasteiger partial charge in [0.05, 0.1) is 11.0 Å². The fourth-order valence-corrected chi connectivity index (χ4v) is 13.9. The molecule has 4 aliphatic heterocycles. The van der Waals surface area contributed by atoms with Crippen molar-refractivity contribution in [3.63, 3.8) is 0 Å². The van der Waals surface area contributed by atoms with Gasteiger partial charge in [-0.3, -0.25) is 0 Å². The second kappa shape index (κ2) is 17.1. The molecule has 0 N–H and O–H groups in total. The zero-order valence-electron chi connectivity index (χ0n) is 43.0. The number of hydrogen-bond donors (Lipinski definition) is 0. The lowest BCUT2D eigenvalue weighted by Gasteiger charge is -2.44. The monoisotopic (exact) mass is 1000 g/mol. The van der Waals surface area contributed by atoms with Crippen LogP contribution in [0.2, 0.25) is 0 Å². The Morgan fingerprint density at radius 1 is 0.215 bits per heavy atom. The van der Waals surface area contributed by atoms with Crippen LogP contribution in [0.1, 0.15) is 0 Å². The van der Waals surface area contributed by atoms with Crippen LogP contribution in [0.25, 0.3) is 38.6 Å². The summed E-state index contributed by atoms with van der Waals surface area (Å²) in [7, 11) is 0. The number of fused-ring (bicyclic) bond motifs is 11. The lowest BCUT2D eigenvalue weighted by molar-refractivity contribution is 1.17. The average Bonchev–Trinajstić information content (AvgIpc) is 4.08. The highest BCUT2D eigenvalue weighted by Crippen LogP contribution is 2.49. The van der Waals surface area contributed by atoms with Gasteiger partial charge in [-0.1, -0.05) is 176 Å². The van der Waals surface area contributed by atoms with E-state index in [1.54, 1.807) is 0 Å². The summed E-state index contributed by atoms with van der Waals surface area (Å²) in [5, 5.41) is 2.45. The van der Waals surface area contributed by atoms with Crippen LogP contribution in [-0.2, 0) is 0 Å². The van der Waals surface area contributed by atoms with Crippen molar-refractivity contribution in [1.29, 1.82) is 0 Å². The summed E-state index contributed by atoms with van der Waals surface area (Å²) in [6.07, 6.45) is 0. The van der Waals surface area contributed by atoms with Crippen molar-refractivity contribution in [1.82, 2.24) is 4.57 Å². The molecule has 0 spiro atoms. The van der Waals surface area contributed by atoms with E-state index in [2.05, 4.69) is 309 Å². The Morgan fingerprint density at radius 2 is 0.532 bits per heavy atom. The van der Waals surface area contributed by atoms with Crippen LogP contribution in [0.3, 0.4) is 0 Å². The van der Waals surface area contributed by atoms with E-state index in [1.807, 2.05) is 0 Å². The van der Waals surface area contributed by atoms with Gasteiger partial charge in [0.25, 0.3) is 13.4 Å². The van der Waals surface area contributed by atoms with E-state index in [0.29, 0.717) is 0 Å². The largest absolute Gasteiger partial charge is 0.311 e. The predicted molar refractivity (Wildman–Crippen MR) is 334 cm³/mol. The number of anilines is 12. The van der Waals surface area contributed by atoms with Crippen molar-refractivity contribution in [2.45, 2.75) is 0 Å². The molecule has 0 radical (unpaired) electrons. The van der Waals surface area contributed by atoms with Crippen molar-refractivity contribution in [3.05, 3.63) is 285 Å². The molecule has 79 heavy (non-hydrogen) atoms. The fraction of sp³-hybridized carbons (Fsp3) is 0. The zero-order valence-corrected chi connectivity index (χ0v) is 43.0. The van der Waals surface area contributed by atoms with Gasteiger partial charge in [-0.15, -0.1) is 0 Å². The number of para-hydroxylation sites is 6. The Bertz CT molecular complexity index is 4320. The minimum absolute atomic E-state index is 0.0416. The van der Waals surface area contributed by atoms with Gasteiger partial charge in [0, 0.05) is 84.7 Å². The molecule has 0 amide bonds. The Labute approximate surface area is 459 Å². The van der Waals surface area contributed by atoms with E-state index in [9.17, 15) is 0 Å². The molecule has 0 unspecified atom stereocenters. The van der Waals surface area contributed by atoms with E-state index < -0.39 is 0 Å².